The van der Waals surface area contributed by atoms with Crippen molar-refractivity contribution in [1.82, 2.24) is 14.8 Å². The second kappa shape index (κ2) is 8.12. The Labute approximate surface area is 179 Å². The predicted octanol–water partition coefficient (Wildman–Crippen LogP) is 3.45. The number of likely N-dealkylation sites (tertiary alicyclic amines) is 1. The molecule has 0 saturated carbocycles. The molecule has 2 fully saturated rings. The number of nitrogens with zero attached hydrogens (tertiary/aromatic N) is 3. The van der Waals surface area contributed by atoms with Crippen LogP contribution in [0.3, 0.4) is 0 Å². The van der Waals surface area contributed by atoms with Crippen molar-refractivity contribution in [3.05, 3.63) is 65.0 Å². The summed E-state index contributed by atoms with van der Waals surface area (Å²) in [6.07, 6.45) is 3.77. The third-order valence-corrected chi connectivity index (χ3v) is 7.11. The lowest BCUT2D eigenvalue weighted by Crippen LogP contribution is -2.54. The van der Waals surface area contributed by atoms with Gasteiger partial charge in [0.2, 0.25) is 0 Å². The van der Waals surface area contributed by atoms with Crippen molar-refractivity contribution in [1.29, 1.82) is 0 Å². The first-order chi connectivity index (χ1) is 14.6. The number of rotatable bonds is 3. The molecule has 5 rings (SSSR count). The Morgan fingerprint density at radius 2 is 2.00 bits per heavy atom. The number of piperidine rings is 1. The lowest BCUT2D eigenvalue weighted by Gasteiger charge is -2.49. The highest BCUT2D eigenvalue weighted by atomic mass is 16.5. The van der Waals surface area contributed by atoms with E-state index in [9.17, 15) is 4.79 Å². The maximum absolute atomic E-state index is 13.2. The second-order valence-electron chi connectivity index (χ2n) is 9.18. The molecule has 2 aromatic rings. The van der Waals surface area contributed by atoms with E-state index in [1.807, 2.05) is 13.0 Å². The number of hydrogen-bond acceptors (Lipinski definition) is 4. The fraction of sp³-hybridized carbons (Fsp3) is 0.520. The van der Waals surface area contributed by atoms with Crippen molar-refractivity contribution in [2.75, 3.05) is 26.2 Å². The number of amides is 1. The van der Waals surface area contributed by atoms with E-state index in [4.69, 9.17) is 4.74 Å². The highest BCUT2D eigenvalue weighted by molar-refractivity contribution is 5.81. The van der Waals surface area contributed by atoms with Crippen LogP contribution >= 0.6 is 0 Å². The molecule has 5 nitrogen and oxygen atoms in total. The zero-order valence-electron chi connectivity index (χ0n) is 17.8. The molecule has 30 heavy (non-hydrogen) atoms. The SMILES string of the molecule is Cc1cccc(CN2CCC3(CC2)CN(C(=O)[C@@H]2CCCO2)Cc2ccccc23)n1. The maximum Gasteiger partial charge on any atom is 0.252 e. The second-order valence-corrected chi connectivity index (χ2v) is 9.18. The molecule has 0 radical (unpaired) electrons. The summed E-state index contributed by atoms with van der Waals surface area (Å²) in [6, 6.07) is 15.0. The largest absolute Gasteiger partial charge is 0.368 e. The smallest absolute Gasteiger partial charge is 0.252 e. The van der Waals surface area contributed by atoms with Gasteiger partial charge in [0, 0.05) is 37.4 Å². The van der Waals surface area contributed by atoms with E-state index >= 15 is 0 Å². The summed E-state index contributed by atoms with van der Waals surface area (Å²) in [5, 5.41) is 0. The van der Waals surface area contributed by atoms with Gasteiger partial charge in [0.05, 0.1) is 5.69 Å². The van der Waals surface area contributed by atoms with E-state index in [0.29, 0.717) is 13.2 Å². The molecule has 1 spiro atoms. The fourth-order valence-corrected chi connectivity index (χ4v) is 5.50. The van der Waals surface area contributed by atoms with Gasteiger partial charge in [-0.05, 0) is 69.0 Å². The van der Waals surface area contributed by atoms with Crippen LogP contribution in [0.15, 0.2) is 42.5 Å². The minimum absolute atomic E-state index is 0.0552. The quantitative estimate of drug-likeness (QED) is 0.785. The van der Waals surface area contributed by atoms with Gasteiger partial charge < -0.3 is 9.64 Å². The number of carbonyl (C=O) groups excluding carboxylic acids is 1. The molecular weight excluding hydrogens is 374 g/mol. The highest BCUT2D eigenvalue weighted by Gasteiger charge is 2.44. The van der Waals surface area contributed by atoms with Crippen LogP contribution in [0.25, 0.3) is 0 Å². The van der Waals surface area contributed by atoms with E-state index in [-0.39, 0.29) is 17.4 Å². The van der Waals surface area contributed by atoms with Crippen molar-refractivity contribution in [3.63, 3.8) is 0 Å². The third-order valence-electron chi connectivity index (χ3n) is 7.11. The number of aryl methyl sites for hydroxylation is 1. The van der Waals surface area contributed by atoms with Crippen molar-refractivity contribution < 1.29 is 9.53 Å². The Hall–Kier alpha value is -2.24. The molecule has 1 atom stereocenters. The molecule has 3 aliphatic rings. The van der Waals surface area contributed by atoms with Gasteiger partial charge in [-0.3, -0.25) is 14.7 Å². The summed E-state index contributed by atoms with van der Waals surface area (Å²) in [5.41, 5.74) is 5.04. The van der Waals surface area contributed by atoms with Gasteiger partial charge in [-0.2, -0.15) is 0 Å². The number of carbonyl (C=O) groups is 1. The van der Waals surface area contributed by atoms with Crippen LogP contribution in [0.1, 0.15) is 48.2 Å². The van der Waals surface area contributed by atoms with Crippen molar-refractivity contribution in [3.8, 4) is 0 Å². The summed E-state index contributed by atoms with van der Waals surface area (Å²) >= 11 is 0. The predicted molar refractivity (Wildman–Crippen MR) is 116 cm³/mol. The van der Waals surface area contributed by atoms with Crippen molar-refractivity contribution in [2.24, 2.45) is 0 Å². The molecule has 2 saturated heterocycles. The van der Waals surface area contributed by atoms with E-state index in [0.717, 1.165) is 63.3 Å². The molecule has 3 aliphatic heterocycles. The number of fused-ring (bicyclic) bond motifs is 2. The molecule has 158 valence electrons. The van der Waals surface area contributed by atoms with Crippen molar-refractivity contribution >= 4 is 5.91 Å². The van der Waals surface area contributed by atoms with E-state index < -0.39 is 0 Å². The average molecular weight is 406 g/mol. The lowest BCUT2D eigenvalue weighted by atomic mass is 9.68. The van der Waals surface area contributed by atoms with E-state index in [2.05, 4.69) is 51.2 Å². The van der Waals surface area contributed by atoms with Gasteiger partial charge in [0.1, 0.15) is 6.10 Å². The highest BCUT2D eigenvalue weighted by Crippen LogP contribution is 2.42. The average Bonchev–Trinajstić information content (AvgIpc) is 3.30. The molecular formula is C25H31N3O2. The maximum atomic E-state index is 13.2. The van der Waals surface area contributed by atoms with Gasteiger partial charge >= 0.3 is 0 Å². The van der Waals surface area contributed by atoms with Crippen LogP contribution in [0.4, 0.5) is 0 Å². The number of aromatic nitrogens is 1. The minimum Gasteiger partial charge on any atom is -0.368 e. The topological polar surface area (TPSA) is 45.7 Å². The first-order valence-corrected chi connectivity index (χ1v) is 11.3. The molecule has 0 unspecified atom stereocenters. The number of pyridine rings is 1. The molecule has 0 bridgehead atoms. The van der Waals surface area contributed by atoms with Crippen LogP contribution in [0, 0.1) is 6.92 Å². The molecule has 1 amide bonds. The Bertz CT molecular complexity index is 914. The number of ether oxygens (including phenoxy) is 1. The molecule has 5 heteroatoms. The summed E-state index contributed by atoms with van der Waals surface area (Å²) in [6.45, 7) is 7.27. The van der Waals surface area contributed by atoms with Gasteiger partial charge in [0.15, 0.2) is 0 Å². The van der Waals surface area contributed by atoms with Crippen LogP contribution in [-0.4, -0.2) is 53.0 Å². The fourth-order valence-electron chi connectivity index (χ4n) is 5.50. The van der Waals surface area contributed by atoms with Crippen LogP contribution in [-0.2, 0) is 28.0 Å². The standard InChI is InChI=1S/C25H31N3O2/c1-19-6-4-8-21(26-19)17-27-13-11-25(12-14-27)18-28(24(29)23-10-5-15-30-23)16-20-7-2-3-9-22(20)25/h2-4,6-9,23H,5,10-18H2,1H3/t23-/m0/s1. The Morgan fingerprint density at radius 3 is 2.77 bits per heavy atom. The van der Waals surface area contributed by atoms with Gasteiger partial charge in [0.25, 0.3) is 5.91 Å². The summed E-state index contributed by atoms with van der Waals surface area (Å²) in [5.74, 6) is 0.188. The van der Waals surface area contributed by atoms with Crippen LogP contribution < -0.4 is 0 Å². The number of hydrogen-bond donors (Lipinski definition) is 0. The molecule has 1 aromatic carbocycles. The first kappa shape index (κ1) is 19.7. The Balaban J connectivity index is 1.34. The van der Waals surface area contributed by atoms with Gasteiger partial charge in [-0.15, -0.1) is 0 Å². The molecule has 0 aliphatic carbocycles. The zero-order valence-corrected chi connectivity index (χ0v) is 17.8. The van der Waals surface area contributed by atoms with Crippen molar-refractivity contribution in [2.45, 2.75) is 57.2 Å². The van der Waals surface area contributed by atoms with E-state index in [1.54, 1.807) is 0 Å². The molecule has 4 heterocycles. The molecule has 0 N–H and O–H groups in total. The Morgan fingerprint density at radius 1 is 1.17 bits per heavy atom. The minimum atomic E-state index is -0.236. The zero-order chi connectivity index (χ0) is 20.6. The molecule has 1 aromatic heterocycles. The van der Waals surface area contributed by atoms with E-state index in [1.165, 1.54) is 11.1 Å². The summed E-state index contributed by atoms with van der Waals surface area (Å²) in [4.78, 5) is 22.4. The normalized spacial score (nSPS) is 23.5. The van der Waals surface area contributed by atoms with Crippen LogP contribution in [0.5, 0.6) is 0 Å². The first-order valence-electron chi connectivity index (χ1n) is 11.3. The third kappa shape index (κ3) is 3.77. The van der Waals surface area contributed by atoms with Gasteiger partial charge in [-0.25, -0.2) is 0 Å². The number of benzene rings is 1. The Kier molecular flexibility index (Phi) is 5.34. The summed E-state index contributed by atoms with van der Waals surface area (Å²) < 4.78 is 5.72. The monoisotopic (exact) mass is 405 g/mol. The summed E-state index contributed by atoms with van der Waals surface area (Å²) in [7, 11) is 0. The van der Waals surface area contributed by atoms with Gasteiger partial charge in [-0.1, -0.05) is 30.3 Å². The lowest BCUT2D eigenvalue weighted by molar-refractivity contribution is -0.143. The van der Waals surface area contributed by atoms with Crippen LogP contribution in [0.2, 0.25) is 0 Å².